The molecule has 0 amide bonds. The third kappa shape index (κ3) is 3.45. The van der Waals surface area contributed by atoms with Crippen LogP contribution in [0.5, 0.6) is 5.75 Å². The summed E-state index contributed by atoms with van der Waals surface area (Å²) in [5.74, 6) is 1.69. The Labute approximate surface area is 127 Å². The zero-order valence-corrected chi connectivity index (χ0v) is 12.8. The van der Waals surface area contributed by atoms with Gasteiger partial charge in [-0.3, -0.25) is 0 Å². The molecule has 0 bridgehead atoms. The highest BCUT2D eigenvalue weighted by atomic mass is 16.5. The van der Waals surface area contributed by atoms with Crippen molar-refractivity contribution < 1.29 is 4.74 Å². The molecule has 0 spiro atoms. The van der Waals surface area contributed by atoms with Crippen LogP contribution in [0.15, 0.2) is 54.6 Å². The van der Waals surface area contributed by atoms with Gasteiger partial charge in [0.05, 0.1) is 7.11 Å². The molecule has 110 valence electrons. The Kier molecular flexibility index (Phi) is 4.26. The van der Waals surface area contributed by atoms with Crippen LogP contribution in [0.1, 0.15) is 43.0 Å². The van der Waals surface area contributed by atoms with E-state index in [0.29, 0.717) is 12.1 Å². The van der Waals surface area contributed by atoms with Crippen LogP contribution in [-0.4, -0.2) is 7.11 Å². The summed E-state index contributed by atoms with van der Waals surface area (Å²) in [5, 5.41) is 3.81. The molecule has 0 saturated heterocycles. The van der Waals surface area contributed by atoms with Crippen LogP contribution in [-0.2, 0) is 0 Å². The first-order valence-corrected chi connectivity index (χ1v) is 7.73. The highest BCUT2D eigenvalue weighted by Gasteiger charge is 2.33. The molecule has 1 fully saturated rings. The Hall–Kier alpha value is -1.80. The third-order valence-corrected chi connectivity index (χ3v) is 4.30. The average Bonchev–Trinajstić information content (AvgIpc) is 3.38. The molecule has 2 aromatic rings. The van der Waals surface area contributed by atoms with Crippen molar-refractivity contribution in [3.8, 4) is 5.75 Å². The van der Waals surface area contributed by atoms with Crippen molar-refractivity contribution in [2.75, 3.05) is 7.11 Å². The fourth-order valence-corrected chi connectivity index (χ4v) is 2.85. The predicted octanol–water partition coefficient (Wildman–Crippen LogP) is 4.50. The highest BCUT2D eigenvalue weighted by molar-refractivity contribution is 5.30. The minimum Gasteiger partial charge on any atom is -0.497 e. The van der Waals surface area contributed by atoms with E-state index >= 15 is 0 Å². The van der Waals surface area contributed by atoms with E-state index in [0.717, 1.165) is 11.7 Å². The lowest BCUT2D eigenvalue weighted by Gasteiger charge is -2.24. The van der Waals surface area contributed by atoms with Crippen molar-refractivity contribution in [2.45, 2.75) is 31.8 Å². The molecule has 2 atom stereocenters. The molecule has 0 aliphatic heterocycles. The van der Waals surface area contributed by atoms with Gasteiger partial charge in [0.15, 0.2) is 0 Å². The lowest BCUT2D eigenvalue weighted by atomic mass is 9.99. The van der Waals surface area contributed by atoms with Crippen LogP contribution in [0.3, 0.4) is 0 Å². The summed E-state index contributed by atoms with van der Waals surface area (Å²) < 4.78 is 5.26. The molecule has 2 unspecified atom stereocenters. The van der Waals surface area contributed by atoms with Crippen LogP contribution >= 0.6 is 0 Å². The van der Waals surface area contributed by atoms with Gasteiger partial charge in [0.1, 0.15) is 5.75 Å². The van der Waals surface area contributed by atoms with Crippen molar-refractivity contribution in [2.24, 2.45) is 5.92 Å². The molecule has 0 aromatic heterocycles. The van der Waals surface area contributed by atoms with Crippen LogP contribution in [0.4, 0.5) is 0 Å². The van der Waals surface area contributed by atoms with E-state index in [1.807, 2.05) is 0 Å². The van der Waals surface area contributed by atoms with Crippen LogP contribution < -0.4 is 10.1 Å². The first kappa shape index (κ1) is 14.2. The minimum absolute atomic E-state index is 0.360. The molecule has 0 radical (unpaired) electrons. The maximum Gasteiger partial charge on any atom is 0.118 e. The zero-order valence-electron chi connectivity index (χ0n) is 12.8. The number of ether oxygens (including phenoxy) is 1. The second-order valence-corrected chi connectivity index (χ2v) is 5.89. The molecule has 1 aliphatic carbocycles. The van der Waals surface area contributed by atoms with E-state index in [2.05, 4.69) is 66.8 Å². The average molecular weight is 281 g/mol. The monoisotopic (exact) mass is 281 g/mol. The largest absolute Gasteiger partial charge is 0.497 e. The maximum atomic E-state index is 5.26. The summed E-state index contributed by atoms with van der Waals surface area (Å²) in [4.78, 5) is 0. The van der Waals surface area contributed by atoms with E-state index in [9.17, 15) is 0 Å². The summed E-state index contributed by atoms with van der Waals surface area (Å²) in [7, 11) is 1.71. The molecule has 0 heterocycles. The SMILES string of the molecule is COc1ccc(C(NC(C)c2ccccc2)C2CC2)cc1. The fraction of sp³-hybridized carbons (Fsp3) is 0.368. The lowest BCUT2D eigenvalue weighted by molar-refractivity contribution is 0.411. The van der Waals surface area contributed by atoms with E-state index in [1.165, 1.54) is 24.0 Å². The predicted molar refractivity (Wildman–Crippen MR) is 86.5 cm³/mol. The number of rotatable bonds is 6. The smallest absolute Gasteiger partial charge is 0.118 e. The quantitative estimate of drug-likeness (QED) is 0.842. The van der Waals surface area contributed by atoms with Gasteiger partial charge in [0.2, 0.25) is 0 Å². The van der Waals surface area contributed by atoms with Gasteiger partial charge < -0.3 is 10.1 Å². The van der Waals surface area contributed by atoms with Crippen molar-refractivity contribution in [1.82, 2.24) is 5.32 Å². The summed E-state index contributed by atoms with van der Waals surface area (Å²) in [5.41, 5.74) is 2.71. The maximum absolute atomic E-state index is 5.26. The van der Waals surface area contributed by atoms with Gasteiger partial charge in [-0.05, 0) is 48.9 Å². The lowest BCUT2D eigenvalue weighted by Crippen LogP contribution is -2.26. The number of hydrogen-bond donors (Lipinski definition) is 1. The third-order valence-electron chi connectivity index (χ3n) is 4.30. The Balaban J connectivity index is 1.75. The Morgan fingerprint density at radius 1 is 0.952 bits per heavy atom. The first-order chi connectivity index (χ1) is 10.3. The van der Waals surface area contributed by atoms with Crippen molar-refractivity contribution in [3.63, 3.8) is 0 Å². The van der Waals surface area contributed by atoms with Gasteiger partial charge in [0, 0.05) is 12.1 Å². The summed E-state index contributed by atoms with van der Waals surface area (Å²) in [6.45, 7) is 2.24. The molecule has 2 aromatic carbocycles. The Bertz CT molecular complexity index is 560. The van der Waals surface area contributed by atoms with Gasteiger partial charge in [-0.1, -0.05) is 42.5 Å². The number of nitrogens with one attached hydrogen (secondary N) is 1. The second kappa shape index (κ2) is 6.31. The highest BCUT2D eigenvalue weighted by Crippen LogP contribution is 2.42. The second-order valence-electron chi connectivity index (χ2n) is 5.89. The van der Waals surface area contributed by atoms with Gasteiger partial charge in [-0.2, -0.15) is 0 Å². The van der Waals surface area contributed by atoms with Crippen LogP contribution in [0.25, 0.3) is 0 Å². The van der Waals surface area contributed by atoms with E-state index < -0.39 is 0 Å². The topological polar surface area (TPSA) is 21.3 Å². The molecule has 2 nitrogen and oxygen atoms in total. The summed E-state index contributed by atoms with van der Waals surface area (Å²) in [6, 6.07) is 19.9. The number of benzene rings is 2. The molecule has 2 heteroatoms. The normalized spacial score (nSPS) is 17.2. The van der Waals surface area contributed by atoms with Crippen LogP contribution in [0, 0.1) is 5.92 Å². The van der Waals surface area contributed by atoms with E-state index in [-0.39, 0.29) is 0 Å². The standard InChI is InChI=1S/C19H23NO/c1-14(15-6-4-3-5-7-15)20-19(16-8-9-16)17-10-12-18(21-2)13-11-17/h3-7,10-14,16,19-20H,8-9H2,1-2H3. The molecular formula is C19H23NO. The zero-order chi connectivity index (χ0) is 14.7. The molecule has 3 rings (SSSR count). The van der Waals surface area contributed by atoms with Gasteiger partial charge in [0.25, 0.3) is 0 Å². The number of methoxy groups -OCH3 is 1. The minimum atomic E-state index is 0.360. The van der Waals surface area contributed by atoms with Crippen molar-refractivity contribution >= 4 is 0 Å². The fourth-order valence-electron chi connectivity index (χ4n) is 2.85. The molecule has 1 aliphatic rings. The van der Waals surface area contributed by atoms with Crippen LogP contribution in [0.2, 0.25) is 0 Å². The molecular weight excluding hydrogens is 258 g/mol. The first-order valence-electron chi connectivity index (χ1n) is 7.73. The number of hydrogen-bond acceptors (Lipinski definition) is 2. The Morgan fingerprint density at radius 3 is 2.19 bits per heavy atom. The summed E-state index contributed by atoms with van der Waals surface area (Å²) in [6.07, 6.45) is 2.65. The van der Waals surface area contributed by atoms with Gasteiger partial charge >= 0.3 is 0 Å². The van der Waals surface area contributed by atoms with Gasteiger partial charge in [-0.15, -0.1) is 0 Å². The molecule has 1 N–H and O–H groups in total. The Morgan fingerprint density at radius 2 is 1.62 bits per heavy atom. The summed E-state index contributed by atoms with van der Waals surface area (Å²) >= 11 is 0. The van der Waals surface area contributed by atoms with E-state index in [1.54, 1.807) is 7.11 Å². The molecule has 1 saturated carbocycles. The van der Waals surface area contributed by atoms with Crippen molar-refractivity contribution in [3.05, 3.63) is 65.7 Å². The molecule has 21 heavy (non-hydrogen) atoms. The van der Waals surface area contributed by atoms with Gasteiger partial charge in [-0.25, -0.2) is 0 Å². The van der Waals surface area contributed by atoms with E-state index in [4.69, 9.17) is 4.74 Å². The van der Waals surface area contributed by atoms with Crippen molar-refractivity contribution in [1.29, 1.82) is 0 Å².